The van der Waals surface area contributed by atoms with Crippen LogP contribution in [0.3, 0.4) is 0 Å². The van der Waals surface area contributed by atoms with Crippen LogP contribution in [-0.2, 0) is 6.54 Å². The number of nitrogens with one attached hydrogen (secondary N) is 1. The number of aryl methyl sites for hydroxylation is 1. The number of anilines is 1. The third-order valence-corrected chi connectivity index (χ3v) is 3.21. The van der Waals surface area contributed by atoms with Crippen LogP contribution in [0.4, 0.5) is 10.1 Å². The highest BCUT2D eigenvalue weighted by Crippen LogP contribution is 2.31. The van der Waals surface area contributed by atoms with Crippen LogP contribution < -0.4 is 5.32 Å². The van der Waals surface area contributed by atoms with Crippen molar-refractivity contribution in [3.05, 3.63) is 51.2 Å². The first kappa shape index (κ1) is 13.2. The van der Waals surface area contributed by atoms with Crippen molar-refractivity contribution in [1.29, 1.82) is 0 Å². The van der Waals surface area contributed by atoms with E-state index < -0.39 is 0 Å². The van der Waals surface area contributed by atoms with E-state index in [9.17, 15) is 4.39 Å². The summed E-state index contributed by atoms with van der Waals surface area (Å²) in [6.07, 6.45) is 1.70. The average Bonchev–Trinajstić information content (AvgIpc) is 2.27. The van der Waals surface area contributed by atoms with Crippen molar-refractivity contribution in [2.75, 3.05) is 5.32 Å². The number of halogens is 3. The van der Waals surface area contributed by atoms with Crippen LogP contribution in [0, 0.1) is 12.7 Å². The number of hydrogen-bond donors (Lipinski definition) is 1. The van der Waals surface area contributed by atoms with Crippen molar-refractivity contribution in [3.63, 3.8) is 0 Å². The molecule has 3 nitrogen and oxygen atoms in total. The van der Waals surface area contributed by atoms with Crippen molar-refractivity contribution in [2.45, 2.75) is 13.5 Å². The van der Waals surface area contributed by atoms with Crippen LogP contribution in [0.15, 0.2) is 28.9 Å². The topological polar surface area (TPSA) is 37.8 Å². The van der Waals surface area contributed by atoms with E-state index in [1.54, 1.807) is 6.20 Å². The minimum absolute atomic E-state index is 0.327. The van der Waals surface area contributed by atoms with Gasteiger partial charge in [-0.2, -0.15) is 0 Å². The molecule has 18 heavy (non-hydrogen) atoms. The highest BCUT2D eigenvalue weighted by atomic mass is 79.9. The molecular weight excluding hydrogens is 321 g/mol. The van der Waals surface area contributed by atoms with E-state index >= 15 is 0 Å². The van der Waals surface area contributed by atoms with E-state index in [1.807, 2.05) is 13.0 Å². The summed E-state index contributed by atoms with van der Waals surface area (Å²) in [7, 11) is 0. The first-order chi connectivity index (χ1) is 8.56. The summed E-state index contributed by atoms with van der Waals surface area (Å²) < 4.78 is 13.6. The Kier molecular flexibility index (Phi) is 4.14. The van der Waals surface area contributed by atoms with Gasteiger partial charge in [0, 0.05) is 10.7 Å². The minimum Gasteiger partial charge on any atom is -0.377 e. The van der Waals surface area contributed by atoms with E-state index in [0.29, 0.717) is 27.6 Å². The highest BCUT2D eigenvalue weighted by Gasteiger charge is 2.08. The lowest BCUT2D eigenvalue weighted by Gasteiger charge is -2.10. The molecule has 0 bridgehead atoms. The number of benzene rings is 1. The Morgan fingerprint density at radius 2 is 2.22 bits per heavy atom. The molecule has 0 aliphatic rings. The Bertz CT molecular complexity index is 554. The van der Waals surface area contributed by atoms with E-state index in [1.165, 1.54) is 12.1 Å². The Morgan fingerprint density at radius 3 is 2.89 bits per heavy atom. The van der Waals surface area contributed by atoms with Gasteiger partial charge in [-0.25, -0.2) is 14.4 Å². The van der Waals surface area contributed by atoms with E-state index in [4.69, 9.17) is 11.6 Å². The second-order valence-corrected chi connectivity index (χ2v) is 4.95. The van der Waals surface area contributed by atoms with Gasteiger partial charge in [0.05, 0.1) is 22.9 Å². The van der Waals surface area contributed by atoms with E-state index in [-0.39, 0.29) is 5.82 Å². The fourth-order valence-corrected chi connectivity index (χ4v) is 2.45. The van der Waals surface area contributed by atoms with Gasteiger partial charge in [0.25, 0.3) is 0 Å². The average molecular weight is 331 g/mol. The zero-order valence-corrected chi connectivity index (χ0v) is 11.9. The molecule has 0 spiro atoms. The summed E-state index contributed by atoms with van der Waals surface area (Å²) in [4.78, 5) is 8.28. The van der Waals surface area contributed by atoms with Crippen molar-refractivity contribution in [3.8, 4) is 0 Å². The van der Waals surface area contributed by atoms with Gasteiger partial charge in [0.15, 0.2) is 0 Å². The van der Waals surface area contributed by atoms with Crippen molar-refractivity contribution in [2.24, 2.45) is 0 Å². The summed E-state index contributed by atoms with van der Waals surface area (Å²) in [5, 5.41) is 3.44. The molecule has 1 aromatic carbocycles. The van der Waals surface area contributed by atoms with Gasteiger partial charge in [-0.05, 0) is 41.1 Å². The number of aromatic nitrogens is 2. The monoisotopic (exact) mass is 329 g/mol. The molecule has 1 N–H and O–H groups in total. The molecule has 0 radical (unpaired) electrons. The molecule has 0 aliphatic heterocycles. The summed E-state index contributed by atoms with van der Waals surface area (Å²) in [6.45, 7) is 2.32. The van der Waals surface area contributed by atoms with Crippen LogP contribution in [0.25, 0.3) is 0 Å². The third kappa shape index (κ3) is 3.17. The molecule has 0 aliphatic carbocycles. The SMILES string of the molecule is Cc1nccc(CNc2c(Cl)cc(F)cc2Br)n1. The molecule has 1 aromatic heterocycles. The van der Waals surface area contributed by atoms with Gasteiger partial charge in [-0.15, -0.1) is 0 Å². The fraction of sp³-hybridized carbons (Fsp3) is 0.167. The zero-order valence-electron chi connectivity index (χ0n) is 9.54. The minimum atomic E-state index is -0.379. The molecule has 2 aromatic rings. The van der Waals surface area contributed by atoms with Crippen LogP contribution in [-0.4, -0.2) is 9.97 Å². The maximum Gasteiger partial charge on any atom is 0.125 e. The smallest absolute Gasteiger partial charge is 0.125 e. The van der Waals surface area contributed by atoms with Gasteiger partial charge in [0.2, 0.25) is 0 Å². The Labute approximate surface area is 118 Å². The van der Waals surface area contributed by atoms with Crippen LogP contribution in [0.5, 0.6) is 0 Å². The largest absolute Gasteiger partial charge is 0.377 e. The number of nitrogens with zero attached hydrogens (tertiary/aromatic N) is 2. The third-order valence-electron chi connectivity index (χ3n) is 2.29. The van der Waals surface area contributed by atoms with E-state index in [0.717, 1.165) is 5.69 Å². The van der Waals surface area contributed by atoms with Crippen molar-refractivity contribution in [1.82, 2.24) is 9.97 Å². The molecule has 0 saturated heterocycles. The summed E-state index contributed by atoms with van der Waals surface area (Å²) in [5.74, 6) is 0.328. The summed E-state index contributed by atoms with van der Waals surface area (Å²) >= 11 is 9.23. The molecular formula is C12H10BrClFN3. The highest BCUT2D eigenvalue weighted by molar-refractivity contribution is 9.10. The van der Waals surface area contributed by atoms with Gasteiger partial charge in [-0.3, -0.25) is 0 Å². The molecule has 0 fully saturated rings. The molecule has 0 unspecified atom stereocenters. The van der Waals surface area contributed by atoms with Gasteiger partial charge in [0.1, 0.15) is 11.6 Å². The van der Waals surface area contributed by atoms with Gasteiger partial charge < -0.3 is 5.32 Å². The standard InChI is InChI=1S/C12H10BrClFN3/c1-7-16-3-2-9(18-7)6-17-12-10(13)4-8(15)5-11(12)14/h2-5,17H,6H2,1H3. The second kappa shape index (κ2) is 5.63. The normalized spacial score (nSPS) is 10.4. The Hall–Kier alpha value is -1.20. The predicted molar refractivity (Wildman–Crippen MR) is 73.2 cm³/mol. The van der Waals surface area contributed by atoms with Crippen LogP contribution in [0.1, 0.15) is 11.5 Å². The van der Waals surface area contributed by atoms with Crippen LogP contribution in [0.2, 0.25) is 5.02 Å². The molecule has 6 heteroatoms. The summed E-state index contributed by atoms with van der Waals surface area (Å²) in [5.41, 5.74) is 1.49. The number of hydrogen-bond acceptors (Lipinski definition) is 3. The number of rotatable bonds is 3. The van der Waals surface area contributed by atoms with E-state index in [2.05, 4.69) is 31.2 Å². The Morgan fingerprint density at radius 1 is 1.44 bits per heavy atom. The fourth-order valence-electron chi connectivity index (χ4n) is 1.49. The molecule has 0 atom stereocenters. The molecule has 2 rings (SSSR count). The first-order valence-electron chi connectivity index (χ1n) is 5.23. The van der Waals surface area contributed by atoms with Crippen LogP contribution >= 0.6 is 27.5 Å². The maximum atomic E-state index is 13.1. The maximum absolute atomic E-state index is 13.1. The molecule has 0 saturated carbocycles. The quantitative estimate of drug-likeness (QED) is 0.926. The summed E-state index contributed by atoms with van der Waals surface area (Å²) in [6, 6.07) is 4.44. The van der Waals surface area contributed by atoms with Gasteiger partial charge in [-0.1, -0.05) is 11.6 Å². The lowest BCUT2D eigenvalue weighted by molar-refractivity contribution is 0.627. The van der Waals surface area contributed by atoms with Crippen molar-refractivity contribution < 1.29 is 4.39 Å². The lowest BCUT2D eigenvalue weighted by atomic mass is 10.3. The first-order valence-corrected chi connectivity index (χ1v) is 6.40. The Balaban J connectivity index is 2.16. The van der Waals surface area contributed by atoms with Gasteiger partial charge >= 0.3 is 0 Å². The molecule has 0 amide bonds. The second-order valence-electron chi connectivity index (χ2n) is 3.69. The lowest BCUT2D eigenvalue weighted by Crippen LogP contribution is -2.04. The predicted octanol–water partition coefficient (Wildman–Crippen LogP) is 3.95. The van der Waals surface area contributed by atoms with Crippen molar-refractivity contribution >= 4 is 33.2 Å². The zero-order chi connectivity index (χ0) is 13.1. The molecule has 94 valence electrons. The molecule has 1 heterocycles.